The number of aromatic nitrogens is 4. The molecule has 2 heterocycles. The lowest BCUT2D eigenvalue weighted by molar-refractivity contribution is 0.262. The molecule has 174 valence electrons. The van der Waals surface area contributed by atoms with E-state index in [1.807, 2.05) is 20.8 Å². The highest BCUT2D eigenvalue weighted by Crippen LogP contribution is 2.35. The number of aromatic amines is 1. The Bertz CT molecular complexity index is 1360. The SMILES string of the molecule is CC(C)(C)c1nc(-c2cc(NC(=O)Nc3cccc(Cl)c3)ccc2F)c(-c2ccnc(N)n2)[nH]1. The maximum Gasteiger partial charge on any atom is 0.323 e. The Morgan fingerprint density at radius 2 is 1.79 bits per heavy atom. The van der Waals surface area contributed by atoms with Gasteiger partial charge in [-0.1, -0.05) is 38.4 Å². The van der Waals surface area contributed by atoms with E-state index in [1.165, 1.54) is 24.4 Å². The van der Waals surface area contributed by atoms with Crippen molar-refractivity contribution in [2.24, 2.45) is 0 Å². The highest BCUT2D eigenvalue weighted by Gasteiger charge is 2.25. The topological polar surface area (TPSA) is 122 Å². The third kappa shape index (κ3) is 5.15. The molecule has 2 aromatic heterocycles. The fraction of sp³-hybridized carbons (Fsp3) is 0.167. The van der Waals surface area contributed by atoms with E-state index in [0.29, 0.717) is 39.3 Å². The Kier molecular flexibility index (Phi) is 6.21. The molecule has 5 N–H and O–H groups in total. The molecule has 0 spiro atoms. The van der Waals surface area contributed by atoms with Gasteiger partial charge in [-0.05, 0) is 42.5 Å². The summed E-state index contributed by atoms with van der Waals surface area (Å²) >= 11 is 5.96. The second-order valence-corrected chi connectivity index (χ2v) is 9.08. The first-order chi connectivity index (χ1) is 16.1. The number of nitrogens with two attached hydrogens (primary N) is 1. The van der Waals surface area contributed by atoms with Crippen molar-refractivity contribution in [1.29, 1.82) is 0 Å². The zero-order valence-electron chi connectivity index (χ0n) is 18.8. The summed E-state index contributed by atoms with van der Waals surface area (Å²) < 4.78 is 15.0. The maximum absolute atomic E-state index is 15.0. The van der Waals surface area contributed by atoms with E-state index >= 15 is 4.39 Å². The van der Waals surface area contributed by atoms with Crippen molar-refractivity contribution in [2.45, 2.75) is 26.2 Å². The maximum atomic E-state index is 15.0. The van der Waals surface area contributed by atoms with E-state index in [0.717, 1.165) is 0 Å². The van der Waals surface area contributed by atoms with Crippen LogP contribution in [0.15, 0.2) is 54.7 Å². The lowest BCUT2D eigenvalue weighted by atomic mass is 9.96. The van der Waals surface area contributed by atoms with Crippen molar-refractivity contribution >= 4 is 35.0 Å². The molecule has 0 radical (unpaired) electrons. The Morgan fingerprint density at radius 3 is 2.47 bits per heavy atom. The first-order valence-electron chi connectivity index (χ1n) is 10.4. The van der Waals surface area contributed by atoms with E-state index < -0.39 is 11.8 Å². The van der Waals surface area contributed by atoms with Gasteiger partial charge in [0.05, 0.1) is 11.4 Å². The van der Waals surface area contributed by atoms with Crippen LogP contribution in [0, 0.1) is 5.82 Å². The van der Waals surface area contributed by atoms with Gasteiger partial charge in [0.2, 0.25) is 5.95 Å². The molecule has 0 atom stereocenters. The van der Waals surface area contributed by atoms with Gasteiger partial charge >= 0.3 is 6.03 Å². The van der Waals surface area contributed by atoms with E-state index in [2.05, 4.69) is 30.6 Å². The van der Waals surface area contributed by atoms with Crippen LogP contribution in [0.2, 0.25) is 5.02 Å². The molecule has 8 nitrogen and oxygen atoms in total. The molecule has 2 aromatic carbocycles. The standard InChI is InChI=1S/C24H23ClFN7O/c1-24(2,3)21-32-19(20(33-21)18-9-10-28-22(27)31-18)16-12-15(7-8-17(16)26)30-23(34)29-14-6-4-5-13(25)11-14/h4-12H,1-3H3,(H,32,33)(H2,27,28,31)(H2,29,30,34). The number of urea groups is 1. The van der Waals surface area contributed by atoms with Crippen LogP contribution in [0.1, 0.15) is 26.6 Å². The minimum Gasteiger partial charge on any atom is -0.368 e. The molecule has 0 aliphatic heterocycles. The van der Waals surface area contributed by atoms with Gasteiger partial charge < -0.3 is 21.4 Å². The van der Waals surface area contributed by atoms with Crippen molar-refractivity contribution in [3.8, 4) is 22.6 Å². The van der Waals surface area contributed by atoms with Crippen LogP contribution in [0.4, 0.5) is 26.5 Å². The second kappa shape index (κ2) is 9.11. The molecule has 0 aliphatic rings. The molecule has 0 bridgehead atoms. The number of H-pyrrole nitrogens is 1. The molecule has 4 aromatic rings. The lowest BCUT2D eigenvalue weighted by Crippen LogP contribution is -2.19. The Hall–Kier alpha value is -3.98. The van der Waals surface area contributed by atoms with Gasteiger partial charge in [-0.2, -0.15) is 0 Å². The summed E-state index contributed by atoms with van der Waals surface area (Å²) in [4.78, 5) is 28.6. The lowest BCUT2D eigenvalue weighted by Gasteiger charge is -2.14. The number of rotatable bonds is 4. The van der Waals surface area contributed by atoms with Gasteiger partial charge in [0, 0.05) is 33.6 Å². The summed E-state index contributed by atoms with van der Waals surface area (Å²) in [6.45, 7) is 5.97. The molecule has 0 fully saturated rings. The predicted octanol–water partition coefficient (Wildman–Crippen LogP) is 5.85. The molecule has 34 heavy (non-hydrogen) atoms. The molecule has 0 unspecified atom stereocenters. The number of hydrogen-bond donors (Lipinski definition) is 4. The van der Waals surface area contributed by atoms with Gasteiger partial charge in [0.1, 0.15) is 17.3 Å². The normalized spacial score (nSPS) is 11.3. The van der Waals surface area contributed by atoms with Crippen LogP contribution < -0.4 is 16.4 Å². The van der Waals surface area contributed by atoms with Gasteiger partial charge in [-0.15, -0.1) is 0 Å². The third-order valence-corrected chi connectivity index (χ3v) is 5.14. The van der Waals surface area contributed by atoms with Crippen LogP contribution in [0.3, 0.4) is 0 Å². The zero-order valence-corrected chi connectivity index (χ0v) is 19.5. The fourth-order valence-corrected chi connectivity index (χ4v) is 3.46. The summed E-state index contributed by atoms with van der Waals surface area (Å²) in [7, 11) is 0. The smallest absolute Gasteiger partial charge is 0.323 e. The van der Waals surface area contributed by atoms with Crippen LogP contribution in [0.25, 0.3) is 22.6 Å². The van der Waals surface area contributed by atoms with E-state index in [4.69, 9.17) is 17.3 Å². The largest absolute Gasteiger partial charge is 0.368 e. The van der Waals surface area contributed by atoms with Gasteiger partial charge in [0.15, 0.2) is 0 Å². The summed E-state index contributed by atoms with van der Waals surface area (Å²) in [5.41, 5.74) is 7.85. The quantitative estimate of drug-likeness (QED) is 0.292. The minimum atomic E-state index is -0.504. The first-order valence-corrected chi connectivity index (χ1v) is 10.8. The van der Waals surface area contributed by atoms with E-state index in [1.54, 1.807) is 30.3 Å². The average Bonchev–Trinajstić information content (AvgIpc) is 3.21. The Balaban J connectivity index is 1.71. The number of nitrogens with zero attached hydrogens (tertiary/aromatic N) is 3. The number of nitrogen functional groups attached to an aromatic ring is 1. The van der Waals surface area contributed by atoms with Crippen LogP contribution >= 0.6 is 11.6 Å². The number of carbonyl (C=O) groups is 1. The number of halogens is 2. The fourth-order valence-electron chi connectivity index (χ4n) is 3.27. The van der Waals surface area contributed by atoms with Crippen molar-refractivity contribution in [3.05, 3.63) is 71.4 Å². The summed E-state index contributed by atoms with van der Waals surface area (Å²) in [6, 6.07) is 12.2. The summed E-state index contributed by atoms with van der Waals surface area (Å²) in [6.07, 6.45) is 1.52. The predicted molar refractivity (Wildman–Crippen MR) is 132 cm³/mol. The van der Waals surface area contributed by atoms with Gasteiger partial charge in [-0.25, -0.2) is 24.1 Å². The number of carbonyl (C=O) groups excluding carboxylic acids is 1. The number of nitrogens with one attached hydrogen (secondary N) is 3. The molecule has 2 amide bonds. The summed E-state index contributed by atoms with van der Waals surface area (Å²) in [5, 5.41) is 5.89. The number of anilines is 3. The number of imidazole rings is 1. The van der Waals surface area contributed by atoms with Crippen molar-refractivity contribution < 1.29 is 9.18 Å². The van der Waals surface area contributed by atoms with Crippen LogP contribution in [-0.2, 0) is 5.41 Å². The van der Waals surface area contributed by atoms with E-state index in [9.17, 15) is 4.79 Å². The Labute approximate surface area is 200 Å². The van der Waals surface area contributed by atoms with Crippen LogP contribution in [-0.4, -0.2) is 26.0 Å². The van der Waals surface area contributed by atoms with Crippen LogP contribution in [0.5, 0.6) is 0 Å². The molecule has 0 saturated carbocycles. The third-order valence-electron chi connectivity index (χ3n) is 4.91. The number of benzene rings is 2. The molecular formula is C24H23ClFN7O. The Morgan fingerprint density at radius 1 is 1.06 bits per heavy atom. The van der Waals surface area contributed by atoms with Gasteiger partial charge in [0.25, 0.3) is 0 Å². The highest BCUT2D eigenvalue weighted by molar-refractivity contribution is 6.30. The molecular weight excluding hydrogens is 457 g/mol. The van der Waals surface area contributed by atoms with Crippen molar-refractivity contribution in [2.75, 3.05) is 16.4 Å². The zero-order chi connectivity index (χ0) is 24.5. The second-order valence-electron chi connectivity index (χ2n) is 8.64. The van der Waals surface area contributed by atoms with E-state index in [-0.39, 0.29) is 16.9 Å². The summed E-state index contributed by atoms with van der Waals surface area (Å²) in [5.74, 6) is 0.228. The molecule has 0 aliphatic carbocycles. The van der Waals surface area contributed by atoms with Gasteiger partial charge in [-0.3, -0.25) is 0 Å². The minimum absolute atomic E-state index is 0.0870. The molecule has 10 heteroatoms. The molecule has 4 rings (SSSR count). The first kappa shape index (κ1) is 23.2. The number of hydrogen-bond acceptors (Lipinski definition) is 5. The highest BCUT2D eigenvalue weighted by atomic mass is 35.5. The monoisotopic (exact) mass is 479 g/mol. The van der Waals surface area contributed by atoms with Crippen molar-refractivity contribution in [3.63, 3.8) is 0 Å². The average molecular weight is 480 g/mol. The molecule has 0 saturated heterocycles. The number of amides is 2. The van der Waals surface area contributed by atoms with Crippen molar-refractivity contribution in [1.82, 2.24) is 19.9 Å².